The first-order valence-corrected chi connectivity index (χ1v) is 5.66. The van der Waals surface area contributed by atoms with Crippen LogP contribution in [-0.4, -0.2) is 21.4 Å². The summed E-state index contributed by atoms with van der Waals surface area (Å²) in [6, 6.07) is 1.08. The van der Waals surface area contributed by atoms with Gasteiger partial charge >= 0.3 is 0 Å². The number of rotatable bonds is 4. The molecule has 1 fully saturated rings. The van der Waals surface area contributed by atoms with Crippen LogP contribution in [0.4, 0.5) is 5.69 Å². The Bertz CT molecular complexity index is 537. The fourth-order valence-electron chi connectivity index (χ4n) is 1.71. The van der Waals surface area contributed by atoms with Crippen LogP contribution < -0.4 is 5.32 Å². The summed E-state index contributed by atoms with van der Waals surface area (Å²) in [5.41, 5.74) is 0.228. The molecule has 0 bridgehead atoms. The summed E-state index contributed by atoms with van der Waals surface area (Å²) in [7, 11) is 0. The first-order chi connectivity index (χ1) is 8.52. The summed E-state index contributed by atoms with van der Waals surface area (Å²) in [6.07, 6.45) is 8.47. The molecule has 1 amide bonds. The third-order valence-corrected chi connectivity index (χ3v) is 2.82. The van der Waals surface area contributed by atoms with Crippen LogP contribution in [0.1, 0.15) is 36.3 Å². The van der Waals surface area contributed by atoms with Crippen molar-refractivity contribution in [1.29, 1.82) is 0 Å². The van der Waals surface area contributed by atoms with E-state index in [2.05, 4.69) is 11.2 Å². The lowest BCUT2D eigenvalue weighted by molar-refractivity contribution is -0.384. The maximum Gasteiger partial charge on any atom is 0.287 e. The van der Waals surface area contributed by atoms with E-state index in [0.717, 1.165) is 12.8 Å². The third kappa shape index (κ3) is 2.35. The lowest BCUT2D eigenvalue weighted by Crippen LogP contribution is -2.32. The molecule has 1 aromatic rings. The Morgan fingerprint density at radius 1 is 1.72 bits per heavy atom. The summed E-state index contributed by atoms with van der Waals surface area (Å²) >= 11 is 0. The number of terminal acetylenes is 1. The van der Waals surface area contributed by atoms with Crippen molar-refractivity contribution in [1.82, 2.24) is 9.88 Å². The Hall–Kier alpha value is -2.29. The van der Waals surface area contributed by atoms with Gasteiger partial charge in [-0.3, -0.25) is 14.9 Å². The average Bonchev–Trinajstić information content (AvgIpc) is 3.07. The number of hydrogen-bond donors (Lipinski definition) is 1. The topological polar surface area (TPSA) is 77.2 Å². The third-order valence-electron chi connectivity index (χ3n) is 2.82. The summed E-state index contributed by atoms with van der Waals surface area (Å²) in [5.74, 6) is 2.01. The molecule has 0 spiro atoms. The zero-order valence-corrected chi connectivity index (χ0v) is 9.92. The van der Waals surface area contributed by atoms with E-state index in [0.29, 0.717) is 5.69 Å². The minimum Gasteiger partial charge on any atom is -0.337 e. The molecule has 2 rings (SSSR count). The van der Waals surface area contributed by atoms with E-state index in [1.165, 1.54) is 12.3 Å². The SMILES string of the molecule is C#CC(C)NC(=O)c1cc([N+](=O)[O-])cn1C1CC1. The van der Waals surface area contributed by atoms with Crippen LogP contribution in [0.5, 0.6) is 0 Å². The van der Waals surface area contributed by atoms with Gasteiger partial charge in [0.25, 0.3) is 11.6 Å². The second kappa shape index (κ2) is 4.53. The number of nitrogens with one attached hydrogen (secondary N) is 1. The minimum atomic E-state index is -0.500. The number of nitro groups is 1. The summed E-state index contributed by atoms with van der Waals surface area (Å²) in [4.78, 5) is 22.2. The van der Waals surface area contributed by atoms with Crippen molar-refractivity contribution in [2.24, 2.45) is 0 Å². The number of aromatic nitrogens is 1. The first-order valence-electron chi connectivity index (χ1n) is 5.66. The highest BCUT2D eigenvalue weighted by Gasteiger charge is 2.30. The minimum absolute atomic E-state index is 0.0691. The molecule has 94 valence electrons. The molecule has 1 N–H and O–H groups in total. The summed E-state index contributed by atoms with van der Waals surface area (Å²) in [5, 5.41) is 13.3. The molecule has 6 nitrogen and oxygen atoms in total. The number of nitrogens with zero attached hydrogens (tertiary/aromatic N) is 2. The largest absolute Gasteiger partial charge is 0.337 e. The van der Waals surface area contributed by atoms with E-state index in [-0.39, 0.29) is 17.6 Å². The quantitative estimate of drug-likeness (QED) is 0.497. The average molecular weight is 247 g/mol. The van der Waals surface area contributed by atoms with Crippen LogP contribution in [0.25, 0.3) is 0 Å². The molecule has 1 aliphatic carbocycles. The van der Waals surface area contributed by atoms with Gasteiger partial charge in [-0.05, 0) is 19.8 Å². The predicted molar refractivity (Wildman–Crippen MR) is 65.1 cm³/mol. The molecule has 1 aliphatic rings. The monoisotopic (exact) mass is 247 g/mol. The Labute approximate surface area is 104 Å². The van der Waals surface area contributed by atoms with Gasteiger partial charge in [-0.15, -0.1) is 6.42 Å². The number of amides is 1. The van der Waals surface area contributed by atoms with Gasteiger partial charge in [0.15, 0.2) is 0 Å². The van der Waals surface area contributed by atoms with Gasteiger partial charge in [-0.2, -0.15) is 0 Å². The van der Waals surface area contributed by atoms with Crippen LogP contribution in [0.2, 0.25) is 0 Å². The van der Waals surface area contributed by atoms with Gasteiger partial charge in [0.1, 0.15) is 5.69 Å². The summed E-state index contributed by atoms with van der Waals surface area (Å²) in [6.45, 7) is 1.68. The van der Waals surface area contributed by atoms with E-state index in [4.69, 9.17) is 6.42 Å². The smallest absolute Gasteiger partial charge is 0.287 e. The van der Waals surface area contributed by atoms with E-state index in [1.807, 2.05) is 0 Å². The van der Waals surface area contributed by atoms with Crippen LogP contribution in [0.3, 0.4) is 0 Å². The Morgan fingerprint density at radius 3 is 2.89 bits per heavy atom. The second-order valence-corrected chi connectivity index (χ2v) is 4.34. The van der Waals surface area contributed by atoms with E-state index in [1.54, 1.807) is 11.5 Å². The fraction of sp³-hybridized carbons (Fsp3) is 0.417. The molecule has 0 aliphatic heterocycles. The highest BCUT2D eigenvalue weighted by Crippen LogP contribution is 2.37. The first kappa shape index (κ1) is 12.2. The molecule has 1 unspecified atom stereocenters. The molecule has 18 heavy (non-hydrogen) atoms. The molecular weight excluding hydrogens is 234 g/mol. The Morgan fingerprint density at radius 2 is 2.39 bits per heavy atom. The van der Waals surface area contributed by atoms with Crippen molar-refractivity contribution in [3.8, 4) is 12.3 Å². The van der Waals surface area contributed by atoms with Crippen LogP contribution in [0, 0.1) is 22.5 Å². The standard InChI is InChI=1S/C12H13N3O3/c1-3-8(2)13-12(16)11-6-10(15(17)18)7-14(11)9-4-5-9/h1,6-9H,4-5H2,2H3,(H,13,16). The van der Waals surface area contributed by atoms with Crippen molar-refractivity contribution < 1.29 is 9.72 Å². The highest BCUT2D eigenvalue weighted by molar-refractivity contribution is 5.94. The number of hydrogen-bond acceptors (Lipinski definition) is 3. The van der Waals surface area contributed by atoms with Crippen molar-refractivity contribution >= 4 is 11.6 Å². The van der Waals surface area contributed by atoms with Crippen molar-refractivity contribution in [3.05, 3.63) is 28.1 Å². The molecule has 1 heterocycles. The van der Waals surface area contributed by atoms with Crippen LogP contribution >= 0.6 is 0 Å². The van der Waals surface area contributed by atoms with Gasteiger partial charge in [0.2, 0.25) is 0 Å². The molecule has 1 aromatic heterocycles. The predicted octanol–water partition coefficient (Wildman–Crippen LogP) is 1.48. The van der Waals surface area contributed by atoms with Crippen molar-refractivity contribution in [2.75, 3.05) is 0 Å². The highest BCUT2D eigenvalue weighted by atomic mass is 16.6. The molecule has 0 radical (unpaired) electrons. The number of carbonyl (C=O) groups excluding carboxylic acids is 1. The van der Waals surface area contributed by atoms with E-state index >= 15 is 0 Å². The number of carbonyl (C=O) groups is 1. The molecule has 1 atom stereocenters. The molecular formula is C12H13N3O3. The lowest BCUT2D eigenvalue weighted by Gasteiger charge is -2.09. The van der Waals surface area contributed by atoms with Gasteiger partial charge in [0, 0.05) is 12.1 Å². The van der Waals surface area contributed by atoms with Crippen molar-refractivity contribution in [3.63, 3.8) is 0 Å². The molecule has 0 aromatic carbocycles. The lowest BCUT2D eigenvalue weighted by atomic mass is 10.3. The second-order valence-electron chi connectivity index (χ2n) is 4.34. The zero-order valence-electron chi connectivity index (χ0n) is 9.92. The maximum atomic E-state index is 12.0. The maximum absolute atomic E-state index is 12.0. The van der Waals surface area contributed by atoms with Gasteiger partial charge in [-0.25, -0.2) is 0 Å². The molecule has 6 heteroatoms. The van der Waals surface area contributed by atoms with Crippen LogP contribution in [-0.2, 0) is 0 Å². The Kier molecular flexibility index (Phi) is 3.06. The summed E-state index contributed by atoms with van der Waals surface area (Å²) < 4.78 is 1.66. The van der Waals surface area contributed by atoms with Crippen LogP contribution in [0.15, 0.2) is 12.3 Å². The van der Waals surface area contributed by atoms with E-state index < -0.39 is 11.0 Å². The Balaban J connectivity index is 2.28. The fourth-order valence-corrected chi connectivity index (χ4v) is 1.71. The van der Waals surface area contributed by atoms with Gasteiger partial charge in [-0.1, -0.05) is 5.92 Å². The van der Waals surface area contributed by atoms with E-state index in [9.17, 15) is 14.9 Å². The normalized spacial score (nSPS) is 15.8. The van der Waals surface area contributed by atoms with Gasteiger partial charge < -0.3 is 9.88 Å². The molecule has 0 saturated heterocycles. The zero-order chi connectivity index (χ0) is 13.3. The molecule has 1 saturated carbocycles. The van der Waals surface area contributed by atoms with Crippen molar-refractivity contribution in [2.45, 2.75) is 31.8 Å². The van der Waals surface area contributed by atoms with Gasteiger partial charge in [0.05, 0.1) is 17.2 Å².